The van der Waals surface area contributed by atoms with E-state index in [1.165, 1.54) is 22.7 Å². The van der Waals surface area contributed by atoms with Crippen molar-refractivity contribution in [3.63, 3.8) is 0 Å². The maximum absolute atomic E-state index is 13.7. The lowest BCUT2D eigenvalue weighted by molar-refractivity contribution is 0.0989. The highest BCUT2D eigenvalue weighted by atomic mass is 35.5. The molecule has 5 aromatic rings. The van der Waals surface area contributed by atoms with E-state index in [4.69, 9.17) is 23.2 Å². The van der Waals surface area contributed by atoms with E-state index in [-0.39, 0.29) is 5.91 Å². The molecule has 0 saturated carbocycles. The Morgan fingerprint density at radius 1 is 0.967 bits per heavy atom. The Bertz CT molecular complexity index is 1380. The van der Waals surface area contributed by atoms with Crippen molar-refractivity contribution in [3.8, 4) is 0 Å². The summed E-state index contributed by atoms with van der Waals surface area (Å²) >= 11 is 15.7. The van der Waals surface area contributed by atoms with Crippen molar-refractivity contribution < 1.29 is 4.79 Å². The Morgan fingerprint density at radius 2 is 1.80 bits per heavy atom. The number of thiazole rings is 1. The highest BCUT2D eigenvalue weighted by Gasteiger charge is 2.26. The van der Waals surface area contributed by atoms with Crippen molar-refractivity contribution in [1.29, 1.82) is 0 Å². The van der Waals surface area contributed by atoms with Crippen LogP contribution in [0.5, 0.6) is 0 Å². The predicted molar refractivity (Wildman–Crippen MR) is 126 cm³/mol. The molecule has 5 rings (SSSR count). The number of halogens is 2. The minimum absolute atomic E-state index is 0.194. The van der Waals surface area contributed by atoms with Crippen LogP contribution in [0, 0.1) is 0 Å². The number of fused-ring (bicyclic) bond motifs is 2. The monoisotopic (exact) mass is 469 g/mol. The van der Waals surface area contributed by atoms with Gasteiger partial charge in [0.05, 0.1) is 21.3 Å². The van der Waals surface area contributed by atoms with Gasteiger partial charge in [-0.3, -0.25) is 14.7 Å². The van der Waals surface area contributed by atoms with Crippen molar-refractivity contribution in [2.75, 3.05) is 4.90 Å². The first-order valence-electron chi connectivity index (χ1n) is 9.04. The van der Waals surface area contributed by atoms with Gasteiger partial charge in [0.25, 0.3) is 5.91 Å². The molecule has 0 unspecified atom stereocenters. The number of para-hydroxylation sites is 1. The van der Waals surface area contributed by atoms with Gasteiger partial charge in [-0.05, 0) is 29.8 Å². The molecule has 0 bridgehead atoms. The number of rotatable bonds is 4. The van der Waals surface area contributed by atoms with Gasteiger partial charge in [-0.25, -0.2) is 4.98 Å². The van der Waals surface area contributed by atoms with Crippen LogP contribution >= 0.6 is 45.9 Å². The normalized spacial score (nSPS) is 11.3. The van der Waals surface area contributed by atoms with Gasteiger partial charge in [0.2, 0.25) is 0 Å². The minimum Gasteiger partial charge on any atom is -0.279 e. The van der Waals surface area contributed by atoms with Crippen LogP contribution in [0.15, 0.2) is 67.0 Å². The van der Waals surface area contributed by atoms with E-state index >= 15 is 0 Å². The second-order valence-electron chi connectivity index (χ2n) is 6.58. The summed E-state index contributed by atoms with van der Waals surface area (Å²) in [6, 6.07) is 17.1. The first-order chi connectivity index (χ1) is 14.6. The molecular formula is C22H13Cl2N3OS2. The van der Waals surface area contributed by atoms with Gasteiger partial charge in [0, 0.05) is 22.5 Å². The fraction of sp³-hybridized carbons (Fsp3) is 0.0455. The first kappa shape index (κ1) is 19.5. The van der Waals surface area contributed by atoms with Crippen LogP contribution in [0.1, 0.15) is 15.2 Å². The third-order valence-corrected chi connectivity index (χ3v) is 7.64. The molecule has 8 heteroatoms. The number of hydrogen-bond acceptors (Lipinski definition) is 5. The number of hydrogen-bond donors (Lipinski definition) is 0. The zero-order valence-electron chi connectivity index (χ0n) is 15.4. The van der Waals surface area contributed by atoms with Gasteiger partial charge < -0.3 is 0 Å². The number of carbonyl (C=O) groups excluding carboxylic acids is 1. The number of benzene rings is 2. The Morgan fingerprint density at radius 3 is 2.57 bits per heavy atom. The average molecular weight is 470 g/mol. The fourth-order valence-electron chi connectivity index (χ4n) is 3.19. The molecule has 0 atom stereocenters. The van der Waals surface area contributed by atoms with Crippen LogP contribution in [0.2, 0.25) is 10.0 Å². The molecule has 0 aliphatic heterocycles. The van der Waals surface area contributed by atoms with E-state index < -0.39 is 0 Å². The highest BCUT2D eigenvalue weighted by molar-refractivity contribution is 7.23. The Hall–Kier alpha value is -2.51. The smallest absolute Gasteiger partial charge is 0.272 e. The molecule has 0 saturated heterocycles. The topological polar surface area (TPSA) is 46.1 Å². The molecule has 0 N–H and O–H groups in total. The number of nitrogens with zero attached hydrogens (tertiary/aromatic N) is 3. The van der Waals surface area contributed by atoms with Crippen molar-refractivity contribution in [2.24, 2.45) is 0 Å². The van der Waals surface area contributed by atoms with E-state index in [1.807, 2.05) is 48.5 Å². The maximum Gasteiger partial charge on any atom is 0.272 e. The number of aromatic nitrogens is 2. The summed E-state index contributed by atoms with van der Waals surface area (Å²) < 4.78 is 1.89. The summed E-state index contributed by atoms with van der Waals surface area (Å²) in [6.45, 7) is 0.328. The summed E-state index contributed by atoms with van der Waals surface area (Å²) in [5.41, 5.74) is 1.58. The molecule has 3 heterocycles. The standard InChI is InChI=1S/C22H13Cl2N3OS2/c23-15-7-3-9-17-19(15)26-22(30-17)27(12-13-5-4-10-25-11-13)21(28)20-18(24)14-6-1-2-8-16(14)29-20/h1-11H,12H2. The van der Waals surface area contributed by atoms with Gasteiger partial charge in [-0.15, -0.1) is 11.3 Å². The number of amides is 1. The number of anilines is 1. The highest BCUT2D eigenvalue weighted by Crippen LogP contribution is 2.39. The zero-order chi connectivity index (χ0) is 20.7. The molecule has 0 spiro atoms. The van der Waals surface area contributed by atoms with Gasteiger partial charge >= 0.3 is 0 Å². The largest absolute Gasteiger partial charge is 0.279 e. The molecule has 148 valence electrons. The average Bonchev–Trinajstić information content (AvgIpc) is 3.35. The Balaban J connectivity index is 1.63. The van der Waals surface area contributed by atoms with Crippen molar-refractivity contribution >= 4 is 77.2 Å². The van der Waals surface area contributed by atoms with Gasteiger partial charge in [0.1, 0.15) is 10.4 Å². The van der Waals surface area contributed by atoms with Crippen molar-refractivity contribution in [3.05, 3.63) is 87.5 Å². The second kappa shape index (κ2) is 7.96. The summed E-state index contributed by atoms with van der Waals surface area (Å²) in [5, 5.41) is 2.47. The molecule has 0 aliphatic rings. The van der Waals surface area contributed by atoms with Crippen molar-refractivity contribution in [1.82, 2.24) is 9.97 Å². The molecule has 0 aliphatic carbocycles. The summed E-state index contributed by atoms with van der Waals surface area (Å²) in [4.78, 5) is 24.7. The second-order valence-corrected chi connectivity index (χ2v) is 9.42. The Labute approximate surface area is 190 Å². The van der Waals surface area contributed by atoms with Crippen LogP contribution in [0.4, 0.5) is 5.13 Å². The van der Waals surface area contributed by atoms with Gasteiger partial charge in [0.15, 0.2) is 5.13 Å². The van der Waals surface area contributed by atoms with E-state index in [2.05, 4.69) is 9.97 Å². The lowest BCUT2D eigenvalue weighted by atomic mass is 10.2. The Kier molecular flexibility index (Phi) is 5.16. The molecule has 30 heavy (non-hydrogen) atoms. The van der Waals surface area contributed by atoms with Crippen LogP contribution < -0.4 is 4.90 Å². The molecule has 3 aromatic heterocycles. The quantitative estimate of drug-likeness (QED) is 0.283. The van der Waals surface area contributed by atoms with Gasteiger partial charge in [-0.1, -0.05) is 64.9 Å². The van der Waals surface area contributed by atoms with E-state index in [9.17, 15) is 4.79 Å². The summed E-state index contributed by atoms with van der Waals surface area (Å²) in [5.74, 6) is -0.194. The minimum atomic E-state index is -0.194. The first-order valence-corrected chi connectivity index (χ1v) is 11.4. The SMILES string of the molecule is O=C(c1sc2ccccc2c1Cl)N(Cc1cccnc1)c1nc2c(Cl)cccc2s1. The third-order valence-electron chi connectivity index (χ3n) is 4.63. The number of thiophene rings is 1. The fourth-order valence-corrected chi connectivity index (χ4v) is 5.92. The summed E-state index contributed by atoms with van der Waals surface area (Å²) in [7, 11) is 0. The molecule has 0 fully saturated rings. The molecular weight excluding hydrogens is 457 g/mol. The lowest BCUT2D eigenvalue weighted by Gasteiger charge is -2.19. The van der Waals surface area contributed by atoms with E-state index in [0.29, 0.717) is 32.1 Å². The number of carbonyl (C=O) groups is 1. The third kappa shape index (κ3) is 3.46. The predicted octanol–water partition coefficient (Wildman–Crippen LogP) is 7.06. The summed E-state index contributed by atoms with van der Waals surface area (Å²) in [6.07, 6.45) is 3.45. The van der Waals surface area contributed by atoms with Crippen molar-refractivity contribution in [2.45, 2.75) is 6.54 Å². The van der Waals surface area contributed by atoms with Crippen LogP contribution in [0.25, 0.3) is 20.3 Å². The van der Waals surface area contributed by atoms with Crippen LogP contribution in [0.3, 0.4) is 0 Å². The molecule has 2 aromatic carbocycles. The van der Waals surface area contributed by atoms with Gasteiger partial charge in [-0.2, -0.15) is 0 Å². The lowest BCUT2D eigenvalue weighted by Crippen LogP contribution is -2.30. The molecule has 4 nitrogen and oxygen atoms in total. The van der Waals surface area contributed by atoms with E-state index in [1.54, 1.807) is 23.4 Å². The van der Waals surface area contributed by atoms with E-state index in [0.717, 1.165) is 20.3 Å². The van der Waals surface area contributed by atoms with Crippen LogP contribution in [-0.4, -0.2) is 15.9 Å². The van der Waals surface area contributed by atoms with Crippen LogP contribution in [-0.2, 0) is 6.54 Å². The molecule has 1 amide bonds. The zero-order valence-corrected chi connectivity index (χ0v) is 18.5. The number of pyridine rings is 1. The maximum atomic E-state index is 13.7. The molecule has 0 radical (unpaired) electrons.